The predicted octanol–water partition coefficient (Wildman–Crippen LogP) is 2.45. The van der Waals surface area contributed by atoms with Crippen LogP contribution in [0.3, 0.4) is 0 Å². The molecule has 88 valence electrons. The molecule has 0 aromatic heterocycles. The lowest BCUT2D eigenvalue weighted by atomic mass is 9.95. The zero-order valence-electron chi connectivity index (χ0n) is 10.1. The van der Waals surface area contributed by atoms with Gasteiger partial charge in [-0.3, -0.25) is 0 Å². The van der Waals surface area contributed by atoms with Crippen LogP contribution in [-0.2, 0) is 0 Å². The minimum Gasteiger partial charge on any atom is -0.388 e. The van der Waals surface area contributed by atoms with E-state index in [-0.39, 0.29) is 6.10 Å². The maximum absolute atomic E-state index is 10.3. The molecule has 1 heterocycles. The van der Waals surface area contributed by atoms with Gasteiger partial charge in [0.05, 0.1) is 6.10 Å². The zero-order valence-corrected chi connectivity index (χ0v) is 10.1. The highest BCUT2D eigenvalue weighted by Crippen LogP contribution is 2.30. The van der Waals surface area contributed by atoms with Crippen LogP contribution in [-0.4, -0.2) is 29.1 Å². The second kappa shape index (κ2) is 4.98. The molecule has 0 radical (unpaired) electrons. The highest BCUT2D eigenvalue weighted by Gasteiger charge is 2.29. The summed E-state index contributed by atoms with van der Waals surface area (Å²) in [7, 11) is 0. The molecule has 1 aliphatic heterocycles. The molecule has 1 aromatic rings. The van der Waals surface area contributed by atoms with E-state index in [9.17, 15) is 5.11 Å². The fourth-order valence-corrected chi connectivity index (χ4v) is 2.46. The molecule has 0 unspecified atom stereocenters. The molecule has 1 saturated heterocycles. The van der Waals surface area contributed by atoms with Crippen molar-refractivity contribution >= 4 is 0 Å². The summed E-state index contributed by atoms with van der Waals surface area (Å²) in [5.74, 6) is 0.393. The summed E-state index contributed by atoms with van der Waals surface area (Å²) < 4.78 is 0. The van der Waals surface area contributed by atoms with Crippen molar-refractivity contribution in [3.05, 3.63) is 35.9 Å². The average molecular weight is 219 g/mol. The number of benzene rings is 1. The van der Waals surface area contributed by atoms with Gasteiger partial charge in [0.1, 0.15) is 0 Å². The molecular weight excluding hydrogens is 198 g/mol. The fraction of sp³-hybridized carbons (Fsp3) is 0.571. The molecule has 0 spiro atoms. The van der Waals surface area contributed by atoms with Crippen molar-refractivity contribution in [3.63, 3.8) is 0 Å². The number of likely N-dealkylation sites (tertiary alicyclic amines) is 1. The molecule has 2 atom stereocenters. The third-order valence-corrected chi connectivity index (χ3v) is 3.57. The number of hydrogen-bond donors (Lipinski definition) is 1. The Balaban J connectivity index is 2.00. The van der Waals surface area contributed by atoms with E-state index in [1.807, 2.05) is 30.3 Å². The Labute approximate surface area is 97.9 Å². The van der Waals surface area contributed by atoms with Gasteiger partial charge in [-0.15, -0.1) is 0 Å². The highest BCUT2D eigenvalue weighted by molar-refractivity contribution is 5.18. The molecule has 2 rings (SSSR count). The van der Waals surface area contributed by atoms with Crippen LogP contribution in [0.4, 0.5) is 0 Å². The van der Waals surface area contributed by atoms with Crippen LogP contribution >= 0.6 is 0 Å². The standard InChI is InChI=1S/C14H21NO/c1-11(2)15-9-8-13(10-15)14(16)12-6-4-3-5-7-12/h3-7,11,13-14,16H,8-10H2,1-2H3/t13-,14-/m0/s1. The van der Waals surface area contributed by atoms with Crippen molar-refractivity contribution in [1.82, 2.24) is 4.90 Å². The van der Waals surface area contributed by atoms with Gasteiger partial charge in [0, 0.05) is 18.5 Å². The van der Waals surface area contributed by atoms with Crippen LogP contribution in [0.1, 0.15) is 31.9 Å². The van der Waals surface area contributed by atoms with E-state index in [1.54, 1.807) is 0 Å². The second-order valence-electron chi connectivity index (χ2n) is 4.99. The summed E-state index contributed by atoms with van der Waals surface area (Å²) in [6.45, 7) is 6.58. The van der Waals surface area contributed by atoms with Crippen molar-refractivity contribution in [1.29, 1.82) is 0 Å². The average Bonchev–Trinajstić information content (AvgIpc) is 2.78. The maximum Gasteiger partial charge on any atom is 0.0830 e. The first kappa shape index (κ1) is 11.6. The van der Waals surface area contributed by atoms with Crippen molar-refractivity contribution in [3.8, 4) is 0 Å². The van der Waals surface area contributed by atoms with Crippen molar-refractivity contribution in [2.75, 3.05) is 13.1 Å². The third-order valence-electron chi connectivity index (χ3n) is 3.57. The number of aliphatic hydroxyl groups is 1. The smallest absolute Gasteiger partial charge is 0.0830 e. The van der Waals surface area contributed by atoms with Crippen LogP contribution < -0.4 is 0 Å². The van der Waals surface area contributed by atoms with E-state index in [0.717, 1.165) is 25.1 Å². The molecule has 2 nitrogen and oxygen atoms in total. The lowest BCUT2D eigenvalue weighted by Gasteiger charge is -2.22. The Morgan fingerprint density at radius 1 is 1.25 bits per heavy atom. The van der Waals surface area contributed by atoms with E-state index < -0.39 is 0 Å². The van der Waals surface area contributed by atoms with Gasteiger partial charge in [-0.05, 0) is 32.4 Å². The summed E-state index contributed by atoms with van der Waals surface area (Å²) in [5, 5.41) is 10.3. The molecule has 0 amide bonds. The first-order valence-corrected chi connectivity index (χ1v) is 6.15. The summed E-state index contributed by atoms with van der Waals surface area (Å²) in [6.07, 6.45) is 0.804. The van der Waals surface area contributed by atoms with E-state index in [1.165, 1.54) is 0 Å². The SMILES string of the molecule is CC(C)N1CC[C@H]([C@@H](O)c2ccccc2)C1. The molecule has 1 N–H and O–H groups in total. The van der Waals surface area contributed by atoms with Gasteiger partial charge in [0.2, 0.25) is 0 Å². The van der Waals surface area contributed by atoms with E-state index in [4.69, 9.17) is 0 Å². The Morgan fingerprint density at radius 3 is 2.50 bits per heavy atom. The number of rotatable bonds is 3. The van der Waals surface area contributed by atoms with Crippen LogP contribution in [0.2, 0.25) is 0 Å². The van der Waals surface area contributed by atoms with Crippen LogP contribution in [0.15, 0.2) is 30.3 Å². The maximum atomic E-state index is 10.3. The van der Waals surface area contributed by atoms with Crippen LogP contribution in [0.5, 0.6) is 0 Å². The van der Waals surface area contributed by atoms with Crippen LogP contribution in [0, 0.1) is 5.92 Å². The number of nitrogens with zero attached hydrogens (tertiary/aromatic N) is 1. The minimum absolute atomic E-state index is 0.301. The van der Waals surface area contributed by atoms with Crippen molar-refractivity contribution < 1.29 is 5.11 Å². The van der Waals surface area contributed by atoms with E-state index in [2.05, 4.69) is 18.7 Å². The Morgan fingerprint density at radius 2 is 1.94 bits per heavy atom. The zero-order chi connectivity index (χ0) is 11.5. The van der Waals surface area contributed by atoms with Gasteiger partial charge in [-0.2, -0.15) is 0 Å². The predicted molar refractivity (Wildman–Crippen MR) is 66.2 cm³/mol. The fourth-order valence-electron chi connectivity index (χ4n) is 2.46. The Kier molecular flexibility index (Phi) is 3.62. The minimum atomic E-state index is -0.301. The topological polar surface area (TPSA) is 23.5 Å². The summed E-state index contributed by atoms with van der Waals surface area (Å²) >= 11 is 0. The summed E-state index contributed by atoms with van der Waals surface area (Å²) in [4.78, 5) is 2.44. The molecule has 1 fully saturated rings. The molecule has 1 aliphatic rings. The number of aliphatic hydroxyl groups excluding tert-OH is 1. The van der Waals surface area contributed by atoms with E-state index >= 15 is 0 Å². The summed E-state index contributed by atoms with van der Waals surface area (Å²) in [6, 6.07) is 10.6. The Bertz CT molecular complexity index is 323. The normalized spacial score (nSPS) is 23.9. The molecule has 1 aromatic carbocycles. The second-order valence-corrected chi connectivity index (χ2v) is 4.99. The molecule has 0 bridgehead atoms. The van der Waals surface area contributed by atoms with Crippen molar-refractivity contribution in [2.45, 2.75) is 32.4 Å². The molecule has 16 heavy (non-hydrogen) atoms. The third kappa shape index (κ3) is 2.45. The lowest BCUT2D eigenvalue weighted by molar-refractivity contribution is 0.108. The van der Waals surface area contributed by atoms with Crippen molar-refractivity contribution in [2.24, 2.45) is 5.92 Å². The van der Waals surface area contributed by atoms with E-state index in [0.29, 0.717) is 12.0 Å². The van der Waals surface area contributed by atoms with Crippen LogP contribution in [0.25, 0.3) is 0 Å². The first-order valence-electron chi connectivity index (χ1n) is 6.15. The molecule has 0 aliphatic carbocycles. The molecular formula is C14H21NO. The molecule has 0 saturated carbocycles. The quantitative estimate of drug-likeness (QED) is 0.844. The van der Waals surface area contributed by atoms with Gasteiger partial charge in [-0.25, -0.2) is 0 Å². The van der Waals surface area contributed by atoms with Gasteiger partial charge < -0.3 is 10.0 Å². The first-order chi connectivity index (χ1) is 7.68. The Hall–Kier alpha value is -0.860. The van der Waals surface area contributed by atoms with Gasteiger partial charge in [0.25, 0.3) is 0 Å². The summed E-state index contributed by atoms with van der Waals surface area (Å²) in [5.41, 5.74) is 1.05. The monoisotopic (exact) mass is 219 g/mol. The number of hydrogen-bond acceptors (Lipinski definition) is 2. The lowest BCUT2D eigenvalue weighted by Crippen LogP contribution is -2.29. The van der Waals surface area contributed by atoms with Gasteiger partial charge in [-0.1, -0.05) is 30.3 Å². The van der Waals surface area contributed by atoms with Gasteiger partial charge >= 0.3 is 0 Å². The molecule has 2 heteroatoms. The van der Waals surface area contributed by atoms with Gasteiger partial charge in [0.15, 0.2) is 0 Å². The highest BCUT2D eigenvalue weighted by atomic mass is 16.3. The largest absolute Gasteiger partial charge is 0.388 e.